The normalized spacial score (nSPS) is 16.0. The van der Waals surface area contributed by atoms with Crippen LogP contribution in [0.4, 0.5) is 5.69 Å². The number of anilines is 1. The van der Waals surface area contributed by atoms with Gasteiger partial charge in [-0.15, -0.1) is 0 Å². The zero-order chi connectivity index (χ0) is 24.9. The molecule has 10 nitrogen and oxygen atoms in total. The zero-order valence-corrected chi connectivity index (χ0v) is 20.9. The predicted molar refractivity (Wildman–Crippen MR) is 128 cm³/mol. The van der Waals surface area contributed by atoms with Crippen molar-refractivity contribution >= 4 is 31.6 Å². The molecule has 0 aliphatic carbocycles. The highest BCUT2D eigenvalue weighted by Gasteiger charge is 2.27. The lowest BCUT2D eigenvalue weighted by atomic mass is 10.1. The summed E-state index contributed by atoms with van der Waals surface area (Å²) in [5.41, 5.74) is 1.02. The summed E-state index contributed by atoms with van der Waals surface area (Å²) in [4.78, 5) is 12.7. The van der Waals surface area contributed by atoms with E-state index < -0.39 is 32.5 Å². The summed E-state index contributed by atoms with van der Waals surface area (Å²) in [5, 5.41) is 2.78. The van der Waals surface area contributed by atoms with E-state index in [4.69, 9.17) is 9.47 Å². The molecule has 0 radical (unpaired) electrons. The largest absolute Gasteiger partial charge is 0.497 e. The Morgan fingerprint density at radius 2 is 1.65 bits per heavy atom. The fraction of sp³-hybridized carbons (Fsp3) is 0.409. The molecule has 3 rings (SSSR count). The minimum Gasteiger partial charge on any atom is -0.497 e. The molecule has 0 saturated carbocycles. The van der Waals surface area contributed by atoms with E-state index in [-0.39, 0.29) is 29.7 Å². The van der Waals surface area contributed by atoms with Crippen LogP contribution >= 0.6 is 0 Å². The minimum absolute atomic E-state index is 0.0455. The van der Waals surface area contributed by atoms with Gasteiger partial charge in [-0.25, -0.2) is 16.8 Å². The molecule has 0 aromatic heterocycles. The number of benzene rings is 2. The average molecular weight is 512 g/mol. The van der Waals surface area contributed by atoms with Gasteiger partial charge in [-0.3, -0.25) is 9.10 Å². The number of sulfonamides is 2. The SMILES string of the molecule is COc1ccc(C(C)NC(=O)CN(c2ccc(S(=O)(=O)N3CCOCC3)cc2)S(C)(=O)=O)cc1. The monoisotopic (exact) mass is 511 g/mol. The molecule has 1 heterocycles. The number of rotatable bonds is 9. The summed E-state index contributed by atoms with van der Waals surface area (Å²) < 4.78 is 63.0. The molecule has 0 bridgehead atoms. The van der Waals surface area contributed by atoms with Crippen LogP contribution in [0.15, 0.2) is 53.4 Å². The second-order valence-electron chi connectivity index (χ2n) is 7.84. The van der Waals surface area contributed by atoms with Crippen LogP contribution in [0.25, 0.3) is 0 Å². The molecule has 2 aromatic rings. The van der Waals surface area contributed by atoms with Crippen molar-refractivity contribution in [3.05, 3.63) is 54.1 Å². The molecule has 0 spiro atoms. The number of nitrogens with zero attached hydrogens (tertiary/aromatic N) is 2. The number of carbonyl (C=O) groups is 1. The van der Waals surface area contributed by atoms with Crippen LogP contribution in [0.2, 0.25) is 0 Å². The van der Waals surface area contributed by atoms with Gasteiger partial charge >= 0.3 is 0 Å². The van der Waals surface area contributed by atoms with Crippen LogP contribution in [0.1, 0.15) is 18.5 Å². The minimum atomic E-state index is -3.81. The van der Waals surface area contributed by atoms with Crippen molar-refractivity contribution in [3.63, 3.8) is 0 Å². The van der Waals surface area contributed by atoms with Crippen LogP contribution in [0, 0.1) is 0 Å². The van der Waals surface area contributed by atoms with E-state index in [9.17, 15) is 21.6 Å². The summed E-state index contributed by atoms with van der Waals surface area (Å²) >= 11 is 0. The molecule has 1 aliphatic heterocycles. The maximum atomic E-state index is 12.8. The molecule has 1 saturated heterocycles. The first-order chi connectivity index (χ1) is 16.0. The molecule has 1 fully saturated rings. The topological polar surface area (TPSA) is 122 Å². The Hall–Kier alpha value is -2.67. The van der Waals surface area contributed by atoms with E-state index in [0.29, 0.717) is 19.0 Å². The van der Waals surface area contributed by atoms with Crippen molar-refractivity contribution in [2.45, 2.75) is 17.9 Å². The van der Waals surface area contributed by atoms with E-state index in [1.54, 1.807) is 26.2 Å². The lowest BCUT2D eigenvalue weighted by Gasteiger charge is -2.26. The van der Waals surface area contributed by atoms with Crippen LogP contribution < -0.4 is 14.4 Å². The number of morpholine rings is 1. The van der Waals surface area contributed by atoms with Gasteiger partial charge in [0.05, 0.1) is 43.2 Å². The summed E-state index contributed by atoms with van der Waals surface area (Å²) in [5.74, 6) is 0.184. The maximum absolute atomic E-state index is 12.8. The number of carbonyl (C=O) groups excluding carboxylic acids is 1. The van der Waals surface area contributed by atoms with Crippen molar-refractivity contribution in [2.75, 3.05) is 50.5 Å². The van der Waals surface area contributed by atoms with E-state index in [2.05, 4.69) is 5.32 Å². The van der Waals surface area contributed by atoms with Gasteiger partial charge in [0.2, 0.25) is 26.0 Å². The van der Waals surface area contributed by atoms with E-state index >= 15 is 0 Å². The van der Waals surface area contributed by atoms with Gasteiger partial charge in [0.25, 0.3) is 0 Å². The lowest BCUT2D eigenvalue weighted by molar-refractivity contribution is -0.120. The fourth-order valence-electron chi connectivity index (χ4n) is 3.51. The second-order valence-corrected chi connectivity index (χ2v) is 11.7. The Morgan fingerprint density at radius 1 is 1.06 bits per heavy atom. The highest BCUT2D eigenvalue weighted by atomic mass is 32.2. The zero-order valence-electron chi connectivity index (χ0n) is 19.3. The van der Waals surface area contributed by atoms with Crippen LogP contribution in [0.3, 0.4) is 0 Å². The Bertz CT molecular complexity index is 1190. The van der Waals surface area contributed by atoms with Crippen molar-refractivity contribution < 1.29 is 31.1 Å². The smallest absolute Gasteiger partial charge is 0.243 e. The molecule has 2 aromatic carbocycles. The Labute approximate surface area is 200 Å². The molecule has 1 amide bonds. The number of ether oxygens (including phenoxy) is 2. The van der Waals surface area contributed by atoms with Gasteiger partial charge in [-0.2, -0.15) is 4.31 Å². The van der Waals surface area contributed by atoms with Crippen LogP contribution in [-0.2, 0) is 29.6 Å². The summed E-state index contributed by atoms with van der Waals surface area (Å²) in [6, 6.07) is 12.3. The summed E-state index contributed by atoms with van der Waals surface area (Å²) in [6.45, 7) is 2.50. The van der Waals surface area contributed by atoms with Gasteiger partial charge in [-0.1, -0.05) is 12.1 Å². The molecular weight excluding hydrogens is 482 g/mol. The maximum Gasteiger partial charge on any atom is 0.243 e. The molecular formula is C22H29N3O7S2. The first kappa shape index (κ1) is 25.9. The van der Waals surface area contributed by atoms with E-state index in [1.165, 1.54) is 28.6 Å². The molecule has 12 heteroatoms. The molecule has 186 valence electrons. The summed E-state index contributed by atoms with van der Waals surface area (Å²) in [6.07, 6.45) is 0.992. The number of hydrogen-bond acceptors (Lipinski definition) is 7. The third kappa shape index (κ3) is 6.26. The lowest BCUT2D eigenvalue weighted by Crippen LogP contribution is -2.41. The standard InChI is InChI=1S/C22H29N3O7S2/c1-17(18-4-8-20(31-2)9-5-18)23-22(26)16-25(33(3,27)28)19-6-10-21(11-7-19)34(29,30)24-12-14-32-15-13-24/h4-11,17H,12-16H2,1-3H3,(H,23,26). The molecule has 1 unspecified atom stereocenters. The van der Waals surface area contributed by atoms with Crippen LogP contribution in [-0.4, -0.2) is 73.3 Å². The van der Waals surface area contributed by atoms with Gasteiger partial charge < -0.3 is 14.8 Å². The third-order valence-corrected chi connectivity index (χ3v) is 8.47. The Morgan fingerprint density at radius 3 is 2.18 bits per heavy atom. The van der Waals surface area contributed by atoms with Crippen molar-refractivity contribution in [1.82, 2.24) is 9.62 Å². The summed E-state index contributed by atoms with van der Waals surface area (Å²) in [7, 11) is -5.97. The Kier molecular flexibility index (Phi) is 8.18. The van der Waals surface area contributed by atoms with Gasteiger partial charge in [0, 0.05) is 13.1 Å². The van der Waals surface area contributed by atoms with Crippen molar-refractivity contribution in [1.29, 1.82) is 0 Å². The quantitative estimate of drug-likeness (QED) is 0.539. The fourth-order valence-corrected chi connectivity index (χ4v) is 5.78. The highest BCUT2D eigenvalue weighted by Crippen LogP contribution is 2.23. The highest BCUT2D eigenvalue weighted by molar-refractivity contribution is 7.92. The number of methoxy groups -OCH3 is 1. The number of hydrogen-bond donors (Lipinski definition) is 1. The third-order valence-electron chi connectivity index (χ3n) is 5.41. The number of nitrogens with one attached hydrogen (secondary N) is 1. The molecule has 1 N–H and O–H groups in total. The molecule has 34 heavy (non-hydrogen) atoms. The predicted octanol–water partition coefficient (Wildman–Crippen LogP) is 1.36. The van der Waals surface area contributed by atoms with Crippen molar-refractivity contribution in [3.8, 4) is 5.75 Å². The average Bonchev–Trinajstić information content (AvgIpc) is 2.82. The van der Waals surface area contributed by atoms with Crippen molar-refractivity contribution in [2.24, 2.45) is 0 Å². The first-order valence-electron chi connectivity index (χ1n) is 10.6. The van der Waals surface area contributed by atoms with Gasteiger partial charge in [0.15, 0.2) is 0 Å². The van der Waals surface area contributed by atoms with E-state index in [1.807, 2.05) is 12.1 Å². The van der Waals surface area contributed by atoms with Crippen LogP contribution in [0.5, 0.6) is 5.75 Å². The van der Waals surface area contributed by atoms with Gasteiger partial charge in [-0.05, 0) is 48.9 Å². The Balaban J connectivity index is 1.73. The first-order valence-corrected chi connectivity index (χ1v) is 13.9. The number of amides is 1. The van der Waals surface area contributed by atoms with Gasteiger partial charge in [0.1, 0.15) is 12.3 Å². The molecule has 1 atom stereocenters. The molecule has 1 aliphatic rings. The van der Waals surface area contributed by atoms with E-state index in [0.717, 1.165) is 16.1 Å². The second kappa shape index (κ2) is 10.7.